The highest BCUT2D eigenvalue weighted by molar-refractivity contribution is 6.11. The lowest BCUT2D eigenvalue weighted by molar-refractivity contribution is -0.268. The summed E-state index contributed by atoms with van der Waals surface area (Å²) in [4.78, 5) is 23.0. The molecule has 2 aromatic carbocycles. The van der Waals surface area contributed by atoms with E-state index in [1.165, 1.54) is 49.6 Å². The summed E-state index contributed by atoms with van der Waals surface area (Å²) in [6.45, 7) is 0. The second-order valence-electron chi connectivity index (χ2n) is 4.07. The number of carbonyl (C=O) groups excluding carboxylic acids is 1. The lowest BCUT2D eigenvalue weighted by Crippen LogP contribution is -2.07. The van der Waals surface area contributed by atoms with Gasteiger partial charge in [-0.3, -0.25) is 4.79 Å². The highest BCUT2D eigenvalue weighted by atomic mass is 16.5. The van der Waals surface area contributed by atoms with Crippen molar-refractivity contribution in [3.8, 4) is 11.5 Å². The molecule has 0 bridgehead atoms. The minimum Gasteiger partial charge on any atom is -0.872 e. The second-order valence-corrected chi connectivity index (χ2v) is 4.07. The molecule has 102 valence electrons. The number of carboxylic acids is 1. The van der Waals surface area contributed by atoms with Crippen molar-refractivity contribution < 1.29 is 24.5 Å². The van der Waals surface area contributed by atoms with Crippen LogP contribution in [0.3, 0.4) is 0 Å². The lowest BCUT2D eigenvalue weighted by atomic mass is 10.0. The first-order valence-corrected chi connectivity index (χ1v) is 5.76. The first kappa shape index (κ1) is 13.6. The zero-order chi connectivity index (χ0) is 14.7. The number of benzene rings is 2. The van der Waals surface area contributed by atoms with E-state index >= 15 is 0 Å². The molecule has 0 atom stereocenters. The summed E-state index contributed by atoms with van der Waals surface area (Å²) in [6, 6.07) is 9.51. The molecule has 0 spiro atoms. The average Bonchev–Trinajstić information content (AvgIpc) is 2.47. The van der Waals surface area contributed by atoms with Gasteiger partial charge in [0.25, 0.3) is 0 Å². The summed E-state index contributed by atoms with van der Waals surface area (Å²) >= 11 is 0. The predicted octanol–water partition coefficient (Wildman–Crippen LogP) is 1.70. The van der Waals surface area contributed by atoms with Crippen molar-refractivity contribution in [1.29, 1.82) is 0 Å². The Labute approximate surface area is 115 Å². The van der Waals surface area contributed by atoms with Crippen molar-refractivity contribution in [2.24, 2.45) is 0 Å². The Morgan fingerprint density at radius 3 is 2.20 bits per heavy atom. The van der Waals surface area contributed by atoms with Crippen molar-refractivity contribution in [2.45, 2.75) is 0 Å². The van der Waals surface area contributed by atoms with Crippen LogP contribution in [0.1, 0.15) is 26.3 Å². The van der Waals surface area contributed by atoms with Gasteiger partial charge in [-0.15, -0.1) is 0 Å². The molecular weight excluding hydrogens is 260 g/mol. The van der Waals surface area contributed by atoms with Crippen LogP contribution in [-0.4, -0.2) is 24.0 Å². The molecular formula is C15H11O5-. The Hall–Kier alpha value is -2.82. The number of aromatic carboxylic acids is 1. The van der Waals surface area contributed by atoms with Crippen LogP contribution in [0, 0.1) is 0 Å². The zero-order valence-electron chi connectivity index (χ0n) is 10.6. The minimum absolute atomic E-state index is 0.00701. The van der Waals surface area contributed by atoms with E-state index in [4.69, 9.17) is 9.84 Å². The van der Waals surface area contributed by atoms with Crippen molar-refractivity contribution >= 4 is 11.8 Å². The molecule has 0 aliphatic carbocycles. The molecule has 0 heterocycles. The standard InChI is InChI=1S/C15H12O5/c1-20-11-6-7-13(16)12(8-11)14(17)9-2-4-10(5-3-9)15(18)19/h2-8,16H,1H3,(H,18,19)/p-1. The third-order valence-corrected chi connectivity index (χ3v) is 2.83. The Morgan fingerprint density at radius 1 is 1.05 bits per heavy atom. The molecule has 0 aliphatic heterocycles. The largest absolute Gasteiger partial charge is 0.872 e. The molecule has 2 rings (SSSR count). The summed E-state index contributed by atoms with van der Waals surface area (Å²) in [5.74, 6) is -1.53. The van der Waals surface area contributed by atoms with E-state index in [2.05, 4.69) is 0 Å². The van der Waals surface area contributed by atoms with Gasteiger partial charge >= 0.3 is 5.97 Å². The molecule has 0 unspecified atom stereocenters. The van der Waals surface area contributed by atoms with Crippen LogP contribution in [0.15, 0.2) is 42.5 Å². The number of ketones is 1. The van der Waals surface area contributed by atoms with Crippen LogP contribution < -0.4 is 9.84 Å². The third-order valence-electron chi connectivity index (χ3n) is 2.83. The Morgan fingerprint density at radius 2 is 1.65 bits per heavy atom. The lowest BCUT2D eigenvalue weighted by Gasteiger charge is -2.13. The van der Waals surface area contributed by atoms with Crippen molar-refractivity contribution in [3.05, 3.63) is 59.2 Å². The van der Waals surface area contributed by atoms with Gasteiger partial charge in [-0.1, -0.05) is 23.9 Å². The molecule has 5 nitrogen and oxygen atoms in total. The monoisotopic (exact) mass is 271 g/mol. The number of rotatable bonds is 4. The smallest absolute Gasteiger partial charge is 0.335 e. The maximum atomic E-state index is 12.2. The van der Waals surface area contributed by atoms with E-state index in [-0.39, 0.29) is 16.7 Å². The van der Waals surface area contributed by atoms with Gasteiger partial charge in [-0.2, -0.15) is 0 Å². The molecule has 0 aromatic heterocycles. The third kappa shape index (κ3) is 2.61. The summed E-state index contributed by atoms with van der Waals surface area (Å²) in [5, 5.41) is 20.5. The van der Waals surface area contributed by atoms with Crippen molar-refractivity contribution in [2.75, 3.05) is 7.11 Å². The van der Waals surface area contributed by atoms with Gasteiger partial charge in [0.05, 0.1) is 12.7 Å². The maximum absolute atomic E-state index is 12.2. The predicted molar refractivity (Wildman–Crippen MR) is 69.3 cm³/mol. The van der Waals surface area contributed by atoms with E-state index in [0.717, 1.165) is 0 Å². The first-order valence-electron chi connectivity index (χ1n) is 5.76. The van der Waals surface area contributed by atoms with Gasteiger partial charge in [0.15, 0.2) is 5.78 Å². The molecule has 5 heteroatoms. The van der Waals surface area contributed by atoms with Crippen LogP contribution in [0.5, 0.6) is 11.5 Å². The molecule has 0 saturated carbocycles. The van der Waals surface area contributed by atoms with Crippen LogP contribution >= 0.6 is 0 Å². The van der Waals surface area contributed by atoms with Gasteiger partial charge in [-0.05, 0) is 24.3 Å². The average molecular weight is 271 g/mol. The van der Waals surface area contributed by atoms with Crippen LogP contribution in [0.4, 0.5) is 0 Å². The van der Waals surface area contributed by atoms with Crippen LogP contribution in [-0.2, 0) is 0 Å². The van der Waals surface area contributed by atoms with Gasteiger partial charge in [0, 0.05) is 11.1 Å². The van der Waals surface area contributed by atoms with E-state index in [1.807, 2.05) is 0 Å². The molecule has 20 heavy (non-hydrogen) atoms. The van der Waals surface area contributed by atoms with Crippen LogP contribution in [0.25, 0.3) is 0 Å². The first-order chi connectivity index (χ1) is 9.52. The summed E-state index contributed by atoms with van der Waals surface area (Å²) < 4.78 is 4.98. The fourth-order valence-electron chi connectivity index (χ4n) is 1.73. The summed E-state index contributed by atoms with van der Waals surface area (Å²) in [5.41, 5.74) is 0.322. The van der Waals surface area contributed by atoms with Crippen molar-refractivity contribution in [1.82, 2.24) is 0 Å². The number of hydrogen-bond acceptors (Lipinski definition) is 4. The molecule has 0 fully saturated rings. The second kappa shape index (κ2) is 5.44. The van der Waals surface area contributed by atoms with E-state index in [9.17, 15) is 14.7 Å². The molecule has 0 aliphatic rings. The Balaban J connectivity index is 2.38. The molecule has 0 saturated heterocycles. The number of ether oxygens (including phenoxy) is 1. The zero-order valence-corrected chi connectivity index (χ0v) is 10.6. The van der Waals surface area contributed by atoms with Gasteiger partial charge in [0.1, 0.15) is 5.75 Å². The fraction of sp³-hybridized carbons (Fsp3) is 0.0667. The van der Waals surface area contributed by atoms with Gasteiger partial charge in [0.2, 0.25) is 0 Å². The number of hydrogen-bond donors (Lipinski definition) is 1. The van der Waals surface area contributed by atoms with E-state index in [1.54, 1.807) is 0 Å². The fourth-order valence-corrected chi connectivity index (χ4v) is 1.73. The highest BCUT2D eigenvalue weighted by Gasteiger charge is 2.12. The maximum Gasteiger partial charge on any atom is 0.335 e. The van der Waals surface area contributed by atoms with Gasteiger partial charge in [-0.25, -0.2) is 4.79 Å². The Bertz CT molecular complexity index is 658. The Kier molecular flexibility index (Phi) is 3.70. The summed E-state index contributed by atoms with van der Waals surface area (Å²) in [6.07, 6.45) is 0. The molecule has 0 radical (unpaired) electrons. The summed E-state index contributed by atoms with van der Waals surface area (Å²) in [7, 11) is 1.44. The molecule has 0 amide bonds. The topological polar surface area (TPSA) is 86.7 Å². The normalized spacial score (nSPS) is 10.1. The SMILES string of the molecule is COc1ccc([O-])c(C(=O)c2ccc(C(=O)O)cc2)c1. The molecule has 2 aromatic rings. The number of carbonyl (C=O) groups is 2. The highest BCUT2D eigenvalue weighted by Crippen LogP contribution is 2.23. The van der Waals surface area contributed by atoms with Crippen molar-refractivity contribution in [3.63, 3.8) is 0 Å². The van der Waals surface area contributed by atoms with E-state index < -0.39 is 17.5 Å². The number of carboxylic acid groups (broad SMARTS) is 1. The minimum atomic E-state index is -1.07. The van der Waals surface area contributed by atoms with E-state index in [0.29, 0.717) is 5.75 Å². The van der Waals surface area contributed by atoms with Crippen LogP contribution in [0.2, 0.25) is 0 Å². The van der Waals surface area contributed by atoms with Gasteiger partial charge < -0.3 is 14.9 Å². The quantitative estimate of drug-likeness (QED) is 0.855. The molecule has 1 N–H and O–H groups in total. The number of methoxy groups -OCH3 is 1.